The minimum atomic E-state index is -0.665. The second-order valence-electron chi connectivity index (χ2n) is 9.00. The molecule has 3 fully saturated rings. The molecule has 2 aromatic rings. The molecular weight excluding hydrogens is 380 g/mol. The van der Waals surface area contributed by atoms with Gasteiger partial charge in [-0.2, -0.15) is 0 Å². The van der Waals surface area contributed by atoms with Crippen LogP contribution in [-0.2, 0) is 14.2 Å². The summed E-state index contributed by atoms with van der Waals surface area (Å²) in [5, 5.41) is 0. The van der Waals surface area contributed by atoms with Gasteiger partial charge in [0.05, 0.1) is 11.1 Å². The van der Waals surface area contributed by atoms with Gasteiger partial charge in [0.15, 0.2) is 12.2 Å². The molecule has 2 heterocycles. The zero-order valence-electron chi connectivity index (χ0n) is 17.2. The Hall–Kier alpha value is -2.66. The number of rotatable bonds is 4. The molecular formula is C25H26O5. The fraction of sp³-hybridized carbons (Fsp3) is 0.440. The van der Waals surface area contributed by atoms with Crippen LogP contribution in [0.1, 0.15) is 53.8 Å². The SMILES string of the molecule is CC12OC(C)(C3CCCC31)C(OC(=O)c1ccccc1)C2OC(=O)c1ccccc1. The van der Waals surface area contributed by atoms with E-state index in [1.807, 2.05) is 26.0 Å². The third-order valence-electron chi connectivity index (χ3n) is 7.32. The van der Waals surface area contributed by atoms with E-state index in [1.54, 1.807) is 48.5 Å². The van der Waals surface area contributed by atoms with Gasteiger partial charge in [0.1, 0.15) is 11.2 Å². The summed E-state index contributed by atoms with van der Waals surface area (Å²) in [5.41, 5.74) is -0.375. The number of hydrogen-bond donors (Lipinski definition) is 0. The Morgan fingerprint density at radius 3 is 1.57 bits per heavy atom. The Kier molecular flexibility index (Phi) is 4.47. The van der Waals surface area contributed by atoms with E-state index in [9.17, 15) is 9.59 Å². The van der Waals surface area contributed by atoms with Crippen LogP contribution in [0.5, 0.6) is 0 Å². The van der Waals surface area contributed by atoms with Crippen LogP contribution in [0.4, 0.5) is 0 Å². The molecule has 2 bridgehead atoms. The van der Waals surface area contributed by atoms with Crippen molar-refractivity contribution < 1.29 is 23.8 Å². The normalized spacial score (nSPS) is 36.3. The molecule has 2 aromatic carbocycles. The molecule has 6 atom stereocenters. The van der Waals surface area contributed by atoms with E-state index in [-0.39, 0.29) is 0 Å². The number of carbonyl (C=O) groups excluding carboxylic acids is 2. The zero-order valence-corrected chi connectivity index (χ0v) is 17.2. The van der Waals surface area contributed by atoms with E-state index in [1.165, 1.54) is 0 Å². The lowest BCUT2D eigenvalue weighted by atomic mass is 9.66. The van der Waals surface area contributed by atoms with Crippen molar-refractivity contribution in [1.29, 1.82) is 0 Å². The van der Waals surface area contributed by atoms with Crippen molar-refractivity contribution in [2.75, 3.05) is 0 Å². The number of benzene rings is 2. The molecule has 0 spiro atoms. The first-order chi connectivity index (χ1) is 14.4. The van der Waals surface area contributed by atoms with Crippen LogP contribution in [-0.4, -0.2) is 35.3 Å². The average Bonchev–Trinajstić information content (AvgIpc) is 3.40. The molecule has 1 aliphatic carbocycles. The van der Waals surface area contributed by atoms with Crippen LogP contribution in [0.3, 0.4) is 0 Å². The van der Waals surface area contributed by atoms with Gasteiger partial charge < -0.3 is 14.2 Å². The van der Waals surface area contributed by atoms with E-state index in [0.29, 0.717) is 23.0 Å². The maximum atomic E-state index is 12.9. The van der Waals surface area contributed by atoms with Gasteiger partial charge in [-0.15, -0.1) is 0 Å². The van der Waals surface area contributed by atoms with Crippen molar-refractivity contribution in [3.63, 3.8) is 0 Å². The van der Waals surface area contributed by atoms with E-state index >= 15 is 0 Å². The summed E-state index contributed by atoms with van der Waals surface area (Å²) in [6.07, 6.45) is 1.89. The molecule has 0 radical (unpaired) electrons. The van der Waals surface area contributed by atoms with Crippen LogP contribution >= 0.6 is 0 Å². The van der Waals surface area contributed by atoms with Crippen LogP contribution in [0.2, 0.25) is 0 Å². The lowest BCUT2D eigenvalue weighted by Crippen LogP contribution is -2.58. The van der Waals surface area contributed by atoms with Gasteiger partial charge in [-0.3, -0.25) is 0 Å². The summed E-state index contributed by atoms with van der Waals surface area (Å²) in [7, 11) is 0. The van der Waals surface area contributed by atoms with Crippen molar-refractivity contribution in [3.8, 4) is 0 Å². The predicted octanol–water partition coefficient (Wildman–Crippen LogP) is 4.42. The molecule has 0 N–H and O–H groups in total. The molecule has 3 aliphatic rings. The van der Waals surface area contributed by atoms with Gasteiger partial charge in [-0.25, -0.2) is 9.59 Å². The molecule has 156 valence electrons. The largest absolute Gasteiger partial charge is 0.452 e. The smallest absolute Gasteiger partial charge is 0.338 e. The third-order valence-corrected chi connectivity index (χ3v) is 7.32. The van der Waals surface area contributed by atoms with Crippen LogP contribution in [0, 0.1) is 11.8 Å². The van der Waals surface area contributed by atoms with Crippen molar-refractivity contribution in [3.05, 3.63) is 71.8 Å². The quantitative estimate of drug-likeness (QED) is 0.704. The monoisotopic (exact) mass is 406 g/mol. The van der Waals surface area contributed by atoms with Gasteiger partial charge in [-0.1, -0.05) is 42.8 Å². The number of ether oxygens (including phenoxy) is 3. The van der Waals surface area contributed by atoms with Crippen LogP contribution in [0.25, 0.3) is 0 Å². The van der Waals surface area contributed by atoms with Gasteiger partial charge in [-0.05, 0) is 62.8 Å². The number of esters is 2. The second kappa shape index (κ2) is 6.95. The zero-order chi connectivity index (χ0) is 20.9. The molecule has 30 heavy (non-hydrogen) atoms. The topological polar surface area (TPSA) is 61.8 Å². The lowest BCUT2D eigenvalue weighted by molar-refractivity contribution is -0.0851. The van der Waals surface area contributed by atoms with Crippen LogP contribution < -0.4 is 0 Å². The van der Waals surface area contributed by atoms with Gasteiger partial charge >= 0.3 is 11.9 Å². The van der Waals surface area contributed by atoms with E-state index < -0.39 is 35.3 Å². The van der Waals surface area contributed by atoms with E-state index in [4.69, 9.17) is 14.2 Å². The number of carbonyl (C=O) groups is 2. The maximum absolute atomic E-state index is 12.9. The standard InChI is InChI=1S/C25H26O5/c1-24-18-14-9-15-19(18)25(2,30-24)21(29-23(27)17-12-7-4-8-13-17)20(24)28-22(26)16-10-5-3-6-11-16/h3-8,10-13,18-21H,9,14-15H2,1-2H3. The molecule has 1 saturated carbocycles. The summed E-state index contributed by atoms with van der Waals surface area (Å²) < 4.78 is 18.6. The molecule has 5 heteroatoms. The van der Waals surface area contributed by atoms with Crippen LogP contribution in [0.15, 0.2) is 60.7 Å². The van der Waals surface area contributed by atoms with Crippen molar-refractivity contribution in [2.24, 2.45) is 11.8 Å². The number of fused-ring (bicyclic) bond motifs is 5. The fourth-order valence-corrected chi connectivity index (χ4v) is 5.97. The summed E-state index contributed by atoms with van der Waals surface area (Å²) in [6.45, 7) is 4.03. The Morgan fingerprint density at radius 2 is 1.17 bits per heavy atom. The Morgan fingerprint density at radius 1 is 0.767 bits per heavy atom. The first-order valence-corrected chi connectivity index (χ1v) is 10.7. The van der Waals surface area contributed by atoms with E-state index in [2.05, 4.69) is 0 Å². The first kappa shape index (κ1) is 19.3. The molecule has 0 amide bonds. The molecule has 2 aliphatic heterocycles. The molecule has 5 rings (SSSR count). The summed E-state index contributed by atoms with van der Waals surface area (Å²) in [5.74, 6) is -0.251. The summed E-state index contributed by atoms with van der Waals surface area (Å²) in [4.78, 5) is 25.8. The molecule has 0 aromatic heterocycles. The summed E-state index contributed by atoms with van der Waals surface area (Å²) in [6, 6.07) is 17.8. The fourth-order valence-electron chi connectivity index (χ4n) is 5.97. The molecule has 5 nitrogen and oxygen atoms in total. The maximum Gasteiger partial charge on any atom is 0.338 e. The molecule has 2 saturated heterocycles. The lowest BCUT2D eigenvalue weighted by Gasteiger charge is -2.42. The van der Waals surface area contributed by atoms with Gasteiger partial charge in [0.2, 0.25) is 0 Å². The van der Waals surface area contributed by atoms with Gasteiger partial charge in [0.25, 0.3) is 0 Å². The third kappa shape index (κ3) is 2.79. The summed E-state index contributed by atoms with van der Waals surface area (Å²) >= 11 is 0. The first-order valence-electron chi connectivity index (χ1n) is 10.7. The minimum Gasteiger partial charge on any atom is -0.452 e. The Bertz CT molecular complexity index is 881. The highest BCUT2D eigenvalue weighted by molar-refractivity contribution is 5.90. The van der Waals surface area contributed by atoms with E-state index in [0.717, 1.165) is 19.3 Å². The van der Waals surface area contributed by atoms with Crippen molar-refractivity contribution in [2.45, 2.75) is 56.5 Å². The molecule has 6 unspecified atom stereocenters. The highest BCUT2D eigenvalue weighted by atomic mass is 16.7. The minimum absolute atomic E-state index is 0.294. The number of hydrogen-bond acceptors (Lipinski definition) is 5. The Balaban J connectivity index is 1.47. The Labute approximate surface area is 176 Å². The van der Waals surface area contributed by atoms with Crippen molar-refractivity contribution >= 4 is 11.9 Å². The average molecular weight is 406 g/mol. The highest BCUT2D eigenvalue weighted by Crippen LogP contribution is 2.64. The van der Waals surface area contributed by atoms with Gasteiger partial charge in [0, 0.05) is 0 Å². The highest BCUT2D eigenvalue weighted by Gasteiger charge is 2.75. The van der Waals surface area contributed by atoms with Crippen molar-refractivity contribution in [1.82, 2.24) is 0 Å². The predicted molar refractivity (Wildman–Crippen MR) is 110 cm³/mol. The second-order valence-corrected chi connectivity index (χ2v) is 9.00.